The molecule has 0 spiro atoms. The zero-order valence-electron chi connectivity index (χ0n) is 14.5. The van der Waals surface area contributed by atoms with E-state index >= 15 is 0 Å². The number of aromatic nitrogens is 2. The fourth-order valence-electron chi connectivity index (χ4n) is 2.10. The van der Waals surface area contributed by atoms with E-state index in [0.29, 0.717) is 5.75 Å². The van der Waals surface area contributed by atoms with Crippen LogP contribution in [0.5, 0.6) is 0 Å². The molecule has 2 N–H and O–H groups in total. The Morgan fingerprint density at radius 3 is 2.79 bits per heavy atom. The van der Waals surface area contributed by atoms with E-state index in [2.05, 4.69) is 59.8 Å². The summed E-state index contributed by atoms with van der Waals surface area (Å²) in [7, 11) is 0. The molecule has 0 aliphatic heterocycles. The number of benzene rings is 1. The van der Waals surface area contributed by atoms with Crippen LogP contribution in [0.3, 0.4) is 0 Å². The number of rotatable bonds is 8. The van der Waals surface area contributed by atoms with E-state index in [1.165, 1.54) is 34.2 Å². The maximum atomic E-state index is 12.1. The summed E-state index contributed by atoms with van der Waals surface area (Å²) in [6.07, 6.45) is 1.04. The summed E-state index contributed by atoms with van der Waals surface area (Å²) in [6, 6.07) is 6.28. The highest BCUT2D eigenvalue weighted by Gasteiger charge is 2.12. The van der Waals surface area contributed by atoms with Gasteiger partial charge in [-0.05, 0) is 43.9 Å². The summed E-state index contributed by atoms with van der Waals surface area (Å²) in [6.45, 7) is 9.16. The van der Waals surface area contributed by atoms with E-state index in [1.54, 1.807) is 0 Å². The van der Waals surface area contributed by atoms with Gasteiger partial charge >= 0.3 is 0 Å². The molecule has 5 nitrogen and oxygen atoms in total. The highest BCUT2D eigenvalue weighted by molar-refractivity contribution is 8.01. The van der Waals surface area contributed by atoms with E-state index in [-0.39, 0.29) is 11.9 Å². The predicted molar refractivity (Wildman–Crippen MR) is 102 cm³/mol. The zero-order chi connectivity index (χ0) is 17.5. The first kappa shape index (κ1) is 18.7. The topological polar surface area (TPSA) is 66.9 Å². The molecule has 0 bridgehead atoms. The minimum Gasteiger partial charge on any atom is -0.360 e. The number of hydrogen-bond donors (Lipinski definition) is 2. The monoisotopic (exact) mass is 364 g/mol. The molecule has 2 aromatic rings. The van der Waals surface area contributed by atoms with Gasteiger partial charge in [-0.25, -0.2) is 0 Å². The van der Waals surface area contributed by atoms with Crippen molar-refractivity contribution in [2.75, 3.05) is 17.6 Å². The van der Waals surface area contributed by atoms with Gasteiger partial charge in [0.15, 0.2) is 4.34 Å². The second-order valence-corrected chi connectivity index (χ2v) is 7.92. The van der Waals surface area contributed by atoms with Crippen LogP contribution in [0.25, 0.3) is 0 Å². The van der Waals surface area contributed by atoms with Crippen molar-refractivity contribution < 1.29 is 4.79 Å². The number of anilines is 1. The summed E-state index contributed by atoms with van der Waals surface area (Å²) in [4.78, 5) is 12.1. The second kappa shape index (κ2) is 9.03. The molecule has 0 fully saturated rings. The number of carbonyl (C=O) groups excluding carboxylic acids is 1. The van der Waals surface area contributed by atoms with E-state index < -0.39 is 0 Å². The Kier molecular flexibility index (Phi) is 7.05. The van der Waals surface area contributed by atoms with Crippen molar-refractivity contribution in [3.63, 3.8) is 0 Å². The minimum absolute atomic E-state index is 0.00370. The van der Waals surface area contributed by atoms with Gasteiger partial charge in [-0.2, -0.15) is 0 Å². The molecule has 1 atom stereocenters. The third kappa shape index (κ3) is 5.49. The molecule has 0 saturated heterocycles. The van der Waals surface area contributed by atoms with Crippen LogP contribution in [0.1, 0.15) is 43.0 Å². The average molecular weight is 365 g/mol. The minimum atomic E-state index is -0.00592. The SMILES string of the molecule is CCCNc1nnc(SCC(=O)NC(C)c2ccc(C)c(C)c2)s1. The van der Waals surface area contributed by atoms with Crippen molar-refractivity contribution in [3.8, 4) is 0 Å². The Labute approximate surface area is 151 Å². The normalized spacial score (nSPS) is 12.0. The lowest BCUT2D eigenvalue weighted by atomic mass is 10.0. The molecular formula is C17H24N4OS2. The van der Waals surface area contributed by atoms with Gasteiger partial charge in [-0.15, -0.1) is 10.2 Å². The molecule has 7 heteroatoms. The number of hydrogen-bond acceptors (Lipinski definition) is 6. The summed E-state index contributed by atoms with van der Waals surface area (Å²) in [5.74, 6) is 0.349. The lowest BCUT2D eigenvalue weighted by molar-refractivity contribution is -0.119. The number of amides is 1. The lowest BCUT2D eigenvalue weighted by Crippen LogP contribution is -2.28. The van der Waals surface area contributed by atoms with Gasteiger partial charge in [-0.3, -0.25) is 4.79 Å². The zero-order valence-corrected chi connectivity index (χ0v) is 16.2. The molecule has 0 saturated carbocycles. The smallest absolute Gasteiger partial charge is 0.230 e. The molecule has 1 aromatic heterocycles. The Morgan fingerprint density at radius 1 is 1.29 bits per heavy atom. The lowest BCUT2D eigenvalue weighted by Gasteiger charge is -2.15. The van der Waals surface area contributed by atoms with E-state index in [4.69, 9.17) is 0 Å². The number of thioether (sulfide) groups is 1. The number of nitrogens with one attached hydrogen (secondary N) is 2. The Balaban J connectivity index is 1.82. The van der Waals surface area contributed by atoms with Crippen molar-refractivity contribution in [1.29, 1.82) is 0 Å². The first-order valence-electron chi connectivity index (χ1n) is 8.06. The summed E-state index contributed by atoms with van der Waals surface area (Å²) < 4.78 is 0.808. The molecule has 1 heterocycles. The quantitative estimate of drug-likeness (QED) is 0.694. The van der Waals surface area contributed by atoms with Crippen molar-refractivity contribution >= 4 is 34.1 Å². The molecule has 0 radical (unpaired) electrons. The average Bonchev–Trinajstić information content (AvgIpc) is 3.01. The molecule has 1 amide bonds. The van der Waals surface area contributed by atoms with Crippen molar-refractivity contribution in [2.24, 2.45) is 0 Å². The summed E-state index contributed by atoms with van der Waals surface area (Å²) in [5.41, 5.74) is 3.62. The predicted octanol–water partition coefficient (Wildman–Crippen LogP) is 3.95. The summed E-state index contributed by atoms with van der Waals surface area (Å²) in [5, 5.41) is 15.2. The van der Waals surface area contributed by atoms with Crippen molar-refractivity contribution in [2.45, 2.75) is 44.5 Å². The molecule has 130 valence electrons. The van der Waals surface area contributed by atoms with Crippen LogP contribution in [0.15, 0.2) is 22.5 Å². The number of nitrogens with zero attached hydrogens (tertiary/aromatic N) is 2. The number of carbonyl (C=O) groups is 1. The van der Waals surface area contributed by atoms with Crippen LogP contribution < -0.4 is 10.6 Å². The van der Waals surface area contributed by atoms with E-state index in [0.717, 1.165) is 28.0 Å². The fraction of sp³-hybridized carbons (Fsp3) is 0.471. The molecule has 0 aliphatic rings. The van der Waals surface area contributed by atoms with Gasteiger partial charge in [0.25, 0.3) is 0 Å². The van der Waals surface area contributed by atoms with Crippen LogP contribution in [0.4, 0.5) is 5.13 Å². The first-order valence-corrected chi connectivity index (χ1v) is 9.86. The Hall–Kier alpha value is -1.60. The van der Waals surface area contributed by atoms with Crippen LogP contribution in [-0.2, 0) is 4.79 Å². The molecule has 1 aromatic carbocycles. The largest absolute Gasteiger partial charge is 0.360 e. The van der Waals surface area contributed by atoms with Crippen molar-refractivity contribution in [3.05, 3.63) is 34.9 Å². The van der Waals surface area contributed by atoms with Crippen LogP contribution in [0, 0.1) is 13.8 Å². The van der Waals surface area contributed by atoms with Gasteiger partial charge in [0.1, 0.15) is 0 Å². The van der Waals surface area contributed by atoms with Gasteiger partial charge < -0.3 is 10.6 Å². The molecule has 24 heavy (non-hydrogen) atoms. The third-order valence-electron chi connectivity index (χ3n) is 3.67. The van der Waals surface area contributed by atoms with E-state index in [1.807, 2.05) is 6.92 Å². The Morgan fingerprint density at radius 2 is 2.08 bits per heavy atom. The van der Waals surface area contributed by atoms with Crippen LogP contribution in [0.2, 0.25) is 0 Å². The van der Waals surface area contributed by atoms with Gasteiger partial charge in [0, 0.05) is 6.54 Å². The van der Waals surface area contributed by atoms with Gasteiger partial charge in [-0.1, -0.05) is 48.2 Å². The summed E-state index contributed by atoms with van der Waals surface area (Å²) >= 11 is 2.90. The van der Waals surface area contributed by atoms with Gasteiger partial charge in [0.2, 0.25) is 11.0 Å². The maximum absolute atomic E-state index is 12.1. The van der Waals surface area contributed by atoms with Crippen LogP contribution >= 0.6 is 23.1 Å². The second-order valence-electron chi connectivity index (χ2n) is 5.72. The molecule has 0 aliphatic carbocycles. The number of aryl methyl sites for hydroxylation is 2. The highest BCUT2D eigenvalue weighted by Crippen LogP contribution is 2.25. The van der Waals surface area contributed by atoms with Crippen molar-refractivity contribution in [1.82, 2.24) is 15.5 Å². The van der Waals surface area contributed by atoms with E-state index in [9.17, 15) is 4.79 Å². The molecular weight excluding hydrogens is 340 g/mol. The Bertz CT molecular complexity index is 687. The highest BCUT2D eigenvalue weighted by atomic mass is 32.2. The standard InChI is InChI=1S/C17H24N4OS2/c1-5-8-18-16-20-21-17(24-16)23-10-15(22)19-13(4)14-7-6-11(2)12(3)9-14/h6-7,9,13H,5,8,10H2,1-4H3,(H,18,20)(H,19,22). The fourth-order valence-corrected chi connectivity index (χ4v) is 3.69. The third-order valence-corrected chi connectivity index (χ3v) is 5.68. The molecule has 1 unspecified atom stereocenters. The first-order chi connectivity index (χ1) is 11.5. The van der Waals surface area contributed by atoms with Crippen LogP contribution in [-0.4, -0.2) is 28.4 Å². The maximum Gasteiger partial charge on any atom is 0.230 e. The van der Waals surface area contributed by atoms with Gasteiger partial charge in [0.05, 0.1) is 11.8 Å². The molecule has 2 rings (SSSR count).